The molecule has 0 saturated heterocycles. The lowest BCUT2D eigenvalue weighted by Gasteiger charge is -2.00. The van der Waals surface area contributed by atoms with Crippen molar-refractivity contribution in [3.05, 3.63) is 0 Å². The zero-order valence-corrected chi connectivity index (χ0v) is 5.14. The molecule has 0 aromatic heterocycles. The highest BCUT2D eigenvalue weighted by Gasteiger charge is 1.97. The van der Waals surface area contributed by atoms with Crippen molar-refractivity contribution in [1.29, 1.82) is 0 Å². The summed E-state index contributed by atoms with van der Waals surface area (Å²) in [4.78, 5) is 10.3. The van der Waals surface area contributed by atoms with Crippen LogP contribution in [-0.2, 0) is 4.79 Å². The first-order chi connectivity index (χ1) is 4.20. The van der Waals surface area contributed by atoms with Crippen LogP contribution < -0.4 is 5.32 Å². The summed E-state index contributed by atoms with van der Waals surface area (Å²) < 4.78 is 0. The fraction of sp³-hybridized carbons (Fsp3) is 0.286. The van der Waals surface area contributed by atoms with Crippen LogP contribution in [0.1, 0.15) is 6.92 Å². The molecule has 0 aliphatic carbocycles. The monoisotopic (exact) mass is 121 g/mol. The van der Waals surface area contributed by atoms with Crippen LogP contribution in [0.4, 0.5) is 0 Å². The molecular weight excluding hydrogens is 114 g/mol. The quantitative estimate of drug-likeness (QED) is 0.476. The van der Waals surface area contributed by atoms with Gasteiger partial charge in [-0.25, -0.2) is 0 Å². The Balaban J connectivity index is 3.67. The Labute approximate surface area is 54.6 Å². The van der Waals surface area contributed by atoms with Gasteiger partial charge in [0.15, 0.2) is 0 Å². The van der Waals surface area contributed by atoms with Gasteiger partial charge in [0.05, 0.1) is 6.04 Å². The van der Waals surface area contributed by atoms with E-state index in [4.69, 9.17) is 12.8 Å². The Morgan fingerprint density at radius 3 is 2.56 bits per heavy atom. The van der Waals surface area contributed by atoms with Gasteiger partial charge < -0.3 is 5.32 Å². The third-order valence-corrected chi connectivity index (χ3v) is 0.729. The number of hydrogen-bond acceptors (Lipinski definition) is 1. The van der Waals surface area contributed by atoms with Crippen molar-refractivity contribution in [3.8, 4) is 24.7 Å². The van der Waals surface area contributed by atoms with Gasteiger partial charge in [-0.3, -0.25) is 4.79 Å². The van der Waals surface area contributed by atoms with Crippen LogP contribution in [0.5, 0.6) is 0 Å². The molecule has 2 heteroatoms. The van der Waals surface area contributed by atoms with Crippen molar-refractivity contribution in [2.24, 2.45) is 0 Å². The highest BCUT2D eigenvalue weighted by atomic mass is 16.1. The van der Waals surface area contributed by atoms with E-state index in [1.807, 2.05) is 5.92 Å². The molecule has 0 saturated carbocycles. The van der Waals surface area contributed by atoms with E-state index in [1.54, 1.807) is 6.92 Å². The second kappa shape index (κ2) is 3.57. The first-order valence-electron chi connectivity index (χ1n) is 2.44. The largest absolute Gasteiger partial charge is 0.332 e. The number of rotatable bonds is 1. The van der Waals surface area contributed by atoms with E-state index >= 15 is 0 Å². The molecule has 0 aromatic carbocycles. The Kier molecular flexibility index (Phi) is 3.01. The summed E-state index contributed by atoms with van der Waals surface area (Å²) >= 11 is 0. The summed E-state index contributed by atoms with van der Waals surface area (Å²) in [5, 5.41) is 2.37. The highest BCUT2D eigenvalue weighted by Crippen LogP contribution is 1.74. The Hall–Kier alpha value is -1.41. The molecule has 0 rings (SSSR count). The maximum Gasteiger partial charge on any atom is 0.296 e. The van der Waals surface area contributed by atoms with Gasteiger partial charge in [-0.05, 0) is 12.8 Å². The number of nitrogens with one attached hydrogen (secondary N) is 1. The summed E-state index contributed by atoms with van der Waals surface area (Å²) in [5.74, 6) is 3.72. The van der Waals surface area contributed by atoms with E-state index in [0.717, 1.165) is 0 Å². The van der Waals surface area contributed by atoms with E-state index in [0.29, 0.717) is 0 Å². The van der Waals surface area contributed by atoms with Gasteiger partial charge in [0.2, 0.25) is 0 Å². The van der Waals surface area contributed by atoms with Crippen LogP contribution in [0.15, 0.2) is 0 Å². The van der Waals surface area contributed by atoms with Crippen LogP contribution in [0.2, 0.25) is 0 Å². The lowest BCUT2D eigenvalue weighted by atomic mass is 10.3. The van der Waals surface area contributed by atoms with E-state index in [9.17, 15) is 4.79 Å². The highest BCUT2D eigenvalue weighted by molar-refractivity contribution is 5.93. The molecule has 1 atom stereocenters. The molecule has 0 aromatic rings. The van der Waals surface area contributed by atoms with Crippen molar-refractivity contribution in [3.63, 3.8) is 0 Å². The van der Waals surface area contributed by atoms with Gasteiger partial charge in [-0.1, -0.05) is 5.92 Å². The Bertz CT molecular complexity index is 182. The molecular formula is C7H7NO. The van der Waals surface area contributed by atoms with Crippen molar-refractivity contribution < 1.29 is 4.79 Å². The minimum Gasteiger partial charge on any atom is -0.332 e. The van der Waals surface area contributed by atoms with Gasteiger partial charge in [0.1, 0.15) is 0 Å². The molecule has 0 aliphatic rings. The molecule has 0 bridgehead atoms. The lowest BCUT2D eigenvalue weighted by molar-refractivity contribution is -0.115. The maximum atomic E-state index is 10.3. The van der Waals surface area contributed by atoms with Gasteiger partial charge in [-0.15, -0.1) is 12.8 Å². The molecule has 46 valence electrons. The fourth-order valence-electron chi connectivity index (χ4n) is 0.280. The van der Waals surface area contributed by atoms with Gasteiger partial charge in [-0.2, -0.15) is 0 Å². The Morgan fingerprint density at radius 1 is 1.67 bits per heavy atom. The van der Waals surface area contributed by atoms with E-state index in [2.05, 4.69) is 11.2 Å². The number of terminal acetylenes is 2. The minimum atomic E-state index is -0.472. The third-order valence-electron chi connectivity index (χ3n) is 0.729. The predicted octanol–water partition coefficient (Wildman–Crippen LogP) is -0.243. The molecule has 1 amide bonds. The molecule has 0 radical (unpaired) electrons. The minimum absolute atomic E-state index is 0.284. The molecule has 1 unspecified atom stereocenters. The first kappa shape index (κ1) is 7.59. The summed E-state index contributed by atoms with van der Waals surface area (Å²) in [6, 6.07) is -0.284. The number of amides is 1. The van der Waals surface area contributed by atoms with Crippen molar-refractivity contribution in [2.45, 2.75) is 13.0 Å². The molecule has 1 N–H and O–H groups in total. The summed E-state index contributed by atoms with van der Waals surface area (Å²) in [7, 11) is 0. The van der Waals surface area contributed by atoms with Crippen LogP contribution in [0, 0.1) is 24.7 Å². The van der Waals surface area contributed by atoms with Crippen LogP contribution in [0.25, 0.3) is 0 Å². The Morgan fingerprint density at radius 2 is 2.22 bits per heavy atom. The normalized spacial score (nSPS) is 10.6. The number of carbonyl (C=O) groups is 1. The van der Waals surface area contributed by atoms with Gasteiger partial charge in [0, 0.05) is 0 Å². The maximum absolute atomic E-state index is 10.3. The average molecular weight is 121 g/mol. The molecule has 0 spiro atoms. The van der Waals surface area contributed by atoms with Crippen molar-refractivity contribution in [2.75, 3.05) is 0 Å². The molecule has 9 heavy (non-hydrogen) atoms. The first-order valence-corrected chi connectivity index (χ1v) is 2.44. The lowest BCUT2D eigenvalue weighted by Crippen LogP contribution is -2.29. The van der Waals surface area contributed by atoms with Crippen molar-refractivity contribution >= 4 is 5.91 Å². The summed E-state index contributed by atoms with van der Waals surface area (Å²) in [6.45, 7) is 1.68. The second-order valence-corrected chi connectivity index (χ2v) is 1.51. The summed E-state index contributed by atoms with van der Waals surface area (Å²) in [6.07, 6.45) is 9.69. The van der Waals surface area contributed by atoms with Crippen LogP contribution in [0.3, 0.4) is 0 Å². The third kappa shape index (κ3) is 3.20. The standard InChI is InChI=1S/C7H7NO/c1-4-6(3)8-7(9)5-2/h1-2,6H,3H3,(H,8,9). The second-order valence-electron chi connectivity index (χ2n) is 1.51. The zero-order chi connectivity index (χ0) is 7.28. The van der Waals surface area contributed by atoms with Crippen LogP contribution in [-0.4, -0.2) is 11.9 Å². The van der Waals surface area contributed by atoms with Crippen LogP contribution >= 0.6 is 0 Å². The fourth-order valence-corrected chi connectivity index (χ4v) is 0.280. The molecule has 2 nitrogen and oxygen atoms in total. The summed E-state index contributed by atoms with van der Waals surface area (Å²) in [5.41, 5.74) is 0. The van der Waals surface area contributed by atoms with E-state index in [-0.39, 0.29) is 6.04 Å². The van der Waals surface area contributed by atoms with Gasteiger partial charge in [0.25, 0.3) is 5.91 Å². The predicted molar refractivity (Wildman–Crippen MR) is 35.3 cm³/mol. The van der Waals surface area contributed by atoms with E-state index in [1.165, 1.54) is 0 Å². The smallest absolute Gasteiger partial charge is 0.296 e. The average Bonchev–Trinajstić information content (AvgIpc) is 1.87. The van der Waals surface area contributed by atoms with E-state index < -0.39 is 5.91 Å². The number of carbonyl (C=O) groups excluding carboxylic acids is 1. The number of hydrogen-bond donors (Lipinski definition) is 1. The molecule has 0 aliphatic heterocycles. The topological polar surface area (TPSA) is 29.1 Å². The molecule has 0 fully saturated rings. The molecule has 0 heterocycles. The zero-order valence-electron chi connectivity index (χ0n) is 5.14. The SMILES string of the molecule is C#CC(=O)NC(C)C#C. The van der Waals surface area contributed by atoms with Gasteiger partial charge >= 0.3 is 0 Å². The van der Waals surface area contributed by atoms with Crippen molar-refractivity contribution in [1.82, 2.24) is 5.32 Å².